The third-order valence-corrected chi connectivity index (χ3v) is 3.79. The zero-order valence-corrected chi connectivity index (χ0v) is 11.4. The van der Waals surface area contributed by atoms with Gasteiger partial charge in [-0.2, -0.15) is 0 Å². The van der Waals surface area contributed by atoms with Gasteiger partial charge in [-0.25, -0.2) is 0 Å². The Morgan fingerprint density at radius 3 is 2.59 bits per heavy atom. The van der Waals surface area contributed by atoms with Crippen LogP contribution in [0.2, 0.25) is 0 Å². The monoisotopic (exact) mass is 236 g/mol. The second-order valence-corrected chi connectivity index (χ2v) is 5.42. The number of ketones is 1. The highest BCUT2D eigenvalue weighted by atomic mass is 16.1. The number of carbonyl (C=O) groups excluding carboxylic acids is 1. The first-order chi connectivity index (χ1) is 8.33. The second-order valence-electron chi connectivity index (χ2n) is 5.42. The maximum absolute atomic E-state index is 11.2. The fraction of sp³-hybridized carbons (Fsp3) is 0.812. The first-order valence-corrected chi connectivity index (χ1v) is 7.52. The summed E-state index contributed by atoms with van der Waals surface area (Å²) in [4.78, 5) is 11.2. The van der Waals surface area contributed by atoms with Crippen LogP contribution in [0.25, 0.3) is 0 Å². The fourth-order valence-electron chi connectivity index (χ4n) is 2.59. The molecule has 0 bridgehead atoms. The van der Waals surface area contributed by atoms with E-state index in [-0.39, 0.29) is 0 Å². The summed E-state index contributed by atoms with van der Waals surface area (Å²) in [6.45, 7) is 2.26. The molecule has 0 radical (unpaired) electrons. The van der Waals surface area contributed by atoms with Crippen molar-refractivity contribution in [1.29, 1.82) is 0 Å². The molecule has 0 amide bonds. The number of rotatable bonds is 8. The van der Waals surface area contributed by atoms with Gasteiger partial charge in [0.15, 0.2) is 5.78 Å². The molecule has 0 aliphatic heterocycles. The Labute approximate surface area is 107 Å². The third kappa shape index (κ3) is 7.36. The predicted molar refractivity (Wildman–Crippen MR) is 74.1 cm³/mol. The lowest BCUT2D eigenvalue weighted by atomic mass is 9.94. The minimum atomic E-state index is 0.326. The van der Waals surface area contributed by atoms with E-state index in [0.717, 1.165) is 25.2 Å². The van der Waals surface area contributed by atoms with Crippen LogP contribution in [0.1, 0.15) is 77.6 Å². The molecule has 0 aromatic heterocycles. The Morgan fingerprint density at radius 1 is 1.12 bits per heavy atom. The normalized spacial score (nSPS) is 20.5. The number of unbranched alkanes of at least 4 members (excludes halogenated alkanes) is 6. The molecule has 1 unspecified atom stereocenters. The van der Waals surface area contributed by atoms with Gasteiger partial charge < -0.3 is 0 Å². The zero-order valence-electron chi connectivity index (χ0n) is 11.4. The number of carbonyl (C=O) groups is 1. The van der Waals surface area contributed by atoms with E-state index in [0.29, 0.717) is 5.78 Å². The molecule has 0 saturated carbocycles. The molecule has 0 saturated heterocycles. The van der Waals surface area contributed by atoms with Crippen LogP contribution in [-0.4, -0.2) is 5.78 Å². The van der Waals surface area contributed by atoms with Crippen molar-refractivity contribution < 1.29 is 4.79 Å². The van der Waals surface area contributed by atoms with E-state index in [1.165, 1.54) is 51.4 Å². The quantitative estimate of drug-likeness (QED) is 0.539. The molecule has 1 heteroatoms. The van der Waals surface area contributed by atoms with Crippen molar-refractivity contribution in [3.8, 4) is 0 Å². The van der Waals surface area contributed by atoms with Gasteiger partial charge in [0, 0.05) is 6.42 Å². The average molecular weight is 236 g/mol. The van der Waals surface area contributed by atoms with E-state index >= 15 is 0 Å². The van der Waals surface area contributed by atoms with Crippen molar-refractivity contribution in [3.63, 3.8) is 0 Å². The lowest BCUT2D eigenvalue weighted by Gasteiger charge is -2.12. The lowest BCUT2D eigenvalue weighted by molar-refractivity contribution is -0.114. The van der Waals surface area contributed by atoms with E-state index in [1.54, 1.807) is 6.08 Å². The zero-order chi connectivity index (χ0) is 12.3. The van der Waals surface area contributed by atoms with Crippen LogP contribution in [0.3, 0.4) is 0 Å². The van der Waals surface area contributed by atoms with Gasteiger partial charge >= 0.3 is 0 Å². The molecular formula is C16H28O. The summed E-state index contributed by atoms with van der Waals surface area (Å²) in [6, 6.07) is 0. The Kier molecular flexibility index (Phi) is 8.04. The van der Waals surface area contributed by atoms with Gasteiger partial charge in [0.1, 0.15) is 0 Å². The molecule has 17 heavy (non-hydrogen) atoms. The van der Waals surface area contributed by atoms with E-state index in [1.807, 2.05) is 0 Å². The molecule has 1 atom stereocenters. The summed E-state index contributed by atoms with van der Waals surface area (Å²) in [5.41, 5.74) is 0. The Hall–Kier alpha value is -0.590. The van der Waals surface area contributed by atoms with Gasteiger partial charge in [-0.3, -0.25) is 4.79 Å². The molecule has 1 aliphatic rings. The van der Waals surface area contributed by atoms with Crippen LogP contribution in [-0.2, 0) is 4.79 Å². The van der Waals surface area contributed by atoms with Gasteiger partial charge in [-0.1, -0.05) is 64.4 Å². The SMILES string of the molecule is CCCCCCCCCC1CC=CC(=O)CC1. The molecule has 0 heterocycles. The van der Waals surface area contributed by atoms with Crippen LogP contribution in [0.4, 0.5) is 0 Å². The summed E-state index contributed by atoms with van der Waals surface area (Å²) in [7, 11) is 0. The van der Waals surface area contributed by atoms with Gasteiger partial charge in [0.2, 0.25) is 0 Å². The first-order valence-electron chi connectivity index (χ1n) is 7.52. The van der Waals surface area contributed by atoms with E-state index in [4.69, 9.17) is 0 Å². The van der Waals surface area contributed by atoms with Crippen LogP contribution in [0.5, 0.6) is 0 Å². The van der Waals surface area contributed by atoms with E-state index in [9.17, 15) is 4.79 Å². The standard InChI is InChI=1S/C16H28O/c1-2-3-4-5-6-7-8-10-15-11-9-12-16(17)14-13-15/h9,12,15H,2-8,10-11,13-14H2,1H3. The lowest BCUT2D eigenvalue weighted by Crippen LogP contribution is -2.00. The number of hydrogen-bond acceptors (Lipinski definition) is 1. The highest BCUT2D eigenvalue weighted by Crippen LogP contribution is 2.23. The van der Waals surface area contributed by atoms with Gasteiger partial charge in [-0.05, 0) is 24.8 Å². The van der Waals surface area contributed by atoms with Crippen molar-refractivity contribution in [3.05, 3.63) is 12.2 Å². The van der Waals surface area contributed by atoms with Gasteiger partial charge in [-0.15, -0.1) is 0 Å². The Bertz CT molecular complexity index is 230. The second kappa shape index (κ2) is 9.44. The number of hydrogen-bond donors (Lipinski definition) is 0. The molecule has 0 spiro atoms. The average Bonchev–Trinajstić information content (AvgIpc) is 2.53. The smallest absolute Gasteiger partial charge is 0.155 e. The van der Waals surface area contributed by atoms with Crippen molar-refractivity contribution in [2.75, 3.05) is 0 Å². The van der Waals surface area contributed by atoms with Gasteiger partial charge in [0.25, 0.3) is 0 Å². The van der Waals surface area contributed by atoms with Crippen molar-refractivity contribution >= 4 is 5.78 Å². The molecule has 1 aliphatic carbocycles. The van der Waals surface area contributed by atoms with Crippen molar-refractivity contribution in [2.45, 2.75) is 77.6 Å². The fourth-order valence-corrected chi connectivity index (χ4v) is 2.59. The summed E-state index contributed by atoms with van der Waals surface area (Å²) >= 11 is 0. The predicted octanol–water partition coefficient (Wildman–Crippen LogP) is 5.05. The molecular weight excluding hydrogens is 208 g/mol. The van der Waals surface area contributed by atoms with Gasteiger partial charge in [0.05, 0.1) is 0 Å². The third-order valence-electron chi connectivity index (χ3n) is 3.79. The van der Waals surface area contributed by atoms with Crippen LogP contribution < -0.4 is 0 Å². The summed E-state index contributed by atoms with van der Waals surface area (Å²) < 4.78 is 0. The Morgan fingerprint density at radius 2 is 1.82 bits per heavy atom. The van der Waals surface area contributed by atoms with Crippen LogP contribution in [0, 0.1) is 5.92 Å². The van der Waals surface area contributed by atoms with Crippen LogP contribution >= 0.6 is 0 Å². The van der Waals surface area contributed by atoms with E-state index in [2.05, 4.69) is 13.0 Å². The molecule has 1 rings (SSSR count). The molecule has 0 aromatic rings. The minimum Gasteiger partial charge on any atom is -0.295 e. The molecule has 0 N–H and O–H groups in total. The first kappa shape index (κ1) is 14.5. The summed E-state index contributed by atoms with van der Waals surface area (Å²) in [5, 5.41) is 0. The molecule has 0 fully saturated rings. The van der Waals surface area contributed by atoms with Crippen molar-refractivity contribution in [2.24, 2.45) is 5.92 Å². The highest BCUT2D eigenvalue weighted by Gasteiger charge is 2.11. The minimum absolute atomic E-state index is 0.326. The molecule has 1 nitrogen and oxygen atoms in total. The topological polar surface area (TPSA) is 17.1 Å². The maximum Gasteiger partial charge on any atom is 0.155 e. The summed E-state index contributed by atoms with van der Waals surface area (Å²) in [6.07, 6.45) is 17.9. The van der Waals surface area contributed by atoms with Crippen molar-refractivity contribution in [1.82, 2.24) is 0 Å². The maximum atomic E-state index is 11.2. The van der Waals surface area contributed by atoms with Crippen LogP contribution in [0.15, 0.2) is 12.2 Å². The summed E-state index contributed by atoms with van der Waals surface area (Å²) in [5.74, 6) is 1.10. The molecule has 98 valence electrons. The Balaban J connectivity index is 1.95. The highest BCUT2D eigenvalue weighted by molar-refractivity contribution is 5.89. The molecule has 0 aromatic carbocycles. The number of allylic oxidation sites excluding steroid dienone is 2. The largest absolute Gasteiger partial charge is 0.295 e. The van der Waals surface area contributed by atoms with E-state index < -0.39 is 0 Å².